The highest BCUT2D eigenvalue weighted by molar-refractivity contribution is 6.16. The van der Waals surface area contributed by atoms with Gasteiger partial charge in [0.15, 0.2) is 11.6 Å². The average Bonchev–Trinajstić information content (AvgIpc) is 3.22. The van der Waals surface area contributed by atoms with Crippen LogP contribution < -0.4 is 0 Å². The van der Waals surface area contributed by atoms with Crippen molar-refractivity contribution in [2.24, 2.45) is 0 Å². The predicted octanol–water partition coefficient (Wildman–Crippen LogP) is 4.99. The van der Waals surface area contributed by atoms with Gasteiger partial charge in [-0.2, -0.15) is 0 Å². The Labute approximate surface area is 181 Å². The van der Waals surface area contributed by atoms with E-state index in [-0.39, 0.29) is 17.7 Å². The Bertz CT molecular complexity index is 1230. The highest BCUT2D eigenvalue weighted by Gasteiger charge is 2.25. The number of benzene rings is 2. The molecule has 1 aromatic heterocycles. The normalized spacial score (nSPS) is 13.6. The van der Waals surface area contributed by atoms with E-state index in [0.717, 1.165) is 32.9 Å². The zero-order chi connectivity index (χ0) is 22.5. The Kier molecular flexibility index (Phi) is 5.12. The van der Waals surface area contributed by atoms with E-state index in [0.29, 0.717) is 31.5 Å². The summed E-state index contributed by atoms with van der Waals surface area (Å²) in [6.45, 7) is 8.14. The maximum Gasteiger partial charge on any atom is 0.410 e. The Hall–Kier alpha value is -3.15. The van der Waals surface area contributed by atoms with Crippen LogP contribution in [0.15, 0.2) is 30.3 Å². The number of hydrogen-bond donors (Lipinski definition) is 0. The van der Waals surface area contributed by atoms with Gasteiger partial charge in [-0.05, 0) is 70.0 Å². The number of hydrogen-bond acceptors (Lipinski definition) is 4. The van der Waals surface area contributed by atoms with Gasteiger partial charge in [0.05, 0.1) is 0 Å². The second kappa shape index (κ2) is 7.52. The molecule has 0 bridgehead atoms. The van der Waals surface area contributed by atoms with Gasteiger partial charge in [-0.3, -0.25) is 9.59 Å². The smallest absolute Gasteiger partial charge is 0.410 e. The minimum atomic E-state index is -0.547. The maximum atomic E-state index is 12.4. The first-order chi connectivity index (χ1) is 14.6. The van der Waals surface area contributed by atoms with Gasteiger partial charge in [0.25, 0.3) is 0 Å². The third kappa shape index (κ3) is 3.82. The summed E-state index contributed by atoms with van der Waals surface area (Å²) in [4.78, 5) is 38.3. The van der Waals surface area contributed by atoms with Crippen molar-refractivity contribution in [2.45, 2.75) is 52.7 Å². The SMILES string of the molecule is CC(=O)c1ccc2c(c1)c1c3c(ccc1n2CCN(C)C(=O)OC(C)(C)C)C(=O)CC3. The number of nitrogens with zero attached hydrogens (tertiary/aromatic N) is 2. The molecule has 31 heavy (non-hydrogen) atoms. The Balaban J connectivity index is 1.79. The van der Waals surface area contributed by atoms with Crippen LogP contribution in [0.5, 0.6) is 0 Å². The molecule has 2 aromatic carbocycles. The molecular formula is C25H28N2O4. The fourth-order valence-corrected chi connectivity index (χ4v) is 4.30. The maximum absolute atomic E-state index is 12.4. The molecule has 0 N–H and O–H groups in total. The van der Waals surface area contributed by atoms with Crippen LogP contribution in [0.4, 0.5) is 4.79 Å². The molecule has 3 aromatic rings. The number of ether oxygens (including phenoxy) is 1. The predicted molar refractivity (Wildman–Crippen MR) is 121 cm³/mol. The number of carbonyl (C=O) groups excluding carboxylic acids is 3. The molecule has 162 valence electrons. The first-order valence-corrected chi connectivity index (χ1v) is 10.6. The van der Waals surface area contributed by atoms with E-state index >= 15 is 0 Å². The van der Waals surface area contributed by atoms with Crippen LogP contribution in [0.1, 0.15) is 60.4 Å². The van der Waals surface area contributed by atoms with Crippen molar-refractivity contribution in [1.82, 2.24) is 9.47 Å². The van der Waals surface area contributed by atoms with E-state index in [1.54, 1.807) is 18.9 Å². The molecule has 0 unspecified atom stereocenters. The topological polar surface area (TPSA) is 68.6 Å². The average molecular weight is 421 g/mol. The van der Waals surface area contributed by atoms with Gasteiger partial charge in [-0.25, -0.2) is 4.79 Å². The van der Waals surface area contributed by atoms with Gasteiger partial charge in [0.1, 0.15) is 5.60 Å². The minimum Gasteiger partial charge on any atom is -0.444 e. The number of likely N-dealkylation sites (N-methyl/N-ethyl adjacent to an activating group) is 1. The van der Waals surface area contributed by atoms with E-state index in [4.69, 9.17) is 4.74 Å². The van der Waals surface area contributed by atoms with Crippen LogP contribution in [0.2, 0.25) is 0 Å². The van der Waals surface area contributed by atoms with Crippen molar-refractivity contribution in [3.8, 4) is 0 Å². The number of Topliss-reactive ketones (excluding diaryl/α,β-unsaturated/α-hetero) is 2. The van der Waals surface area contributed by atoms with Crippen molar-refractivity contribution in [1.29, 1.82) is 0 Å². The number of aromatic nitrogens is 1. The van der Waals surface area contributed by atoms with E-state index in [9.17, 15) is 14.4 Å². The summed E-state index contributed by atoms with van der Waals surface area (Å²) >= 11 is 0. The summed E-state index contributed by atoms with van der Waals surface area (Å²) < 4.78 is 7.63. The lowest BCUT2D eigenvalue weighted by atomic mass is 10.0. The van der Waals surface area contributed by atoms with Crippen LogP contribution in [0, 0.1) is 0 Å². The van der Waals surface area contributed by atoms with Gasteiger partial charge in [0, 0.05) is 59.5 Å². The molecule has 4 rings (SSSR count). The van der Waals surface area contributed by atoms with Crippen LogP contribution in [-0.2, 0) is 17.7 Å². The highest BCUT2D eigenvalue weighted by atomic mass is 16.6. The summed E-state index contributed by atoms with van der Waals surface area (Å²) in [5.41, 5.74) is 3.96. The molecule has 1 heterocycles. The monoisotopic (exact) mass is 420 g/mol. The largest absolute Gasteiger partial charge is 0.444 e. The van der Waals surface area contributed by atoms with Crippen LogP contribution in [0.3, 0.4) is 0 Å². The molecule has 1 amide bonds. The number of ketones is 2. The van der Waals surface area contributed by atoms with Crippen molar-refractivity contribution in [3.05, 3.63) is 47.0 Å². The molecule has 0 fully saturated rings. The van der Waals surface area contributed by atoms with E-state index in [1.807, 2.05) is 51.1 Å². The van der Waals surface area contributed by atoms with E-state index < -0.39 is 5.60 Å². The van der Waals surface area contributed by atoms with Gasteiger partial charge < -0.3 is 14.2 Å². The minimum absolute atomic E-state index is 0.0103. The van der Waals surface area contributed by atoms with Crippen molar-refractivity contribution in [3.63, 3.8) is 0 Å². The van der Waals surface area contributed by atoms with E-state index in [1.165, 1.54) is 0 Å². The Morgan fingerprint density at radius 3 is 2.48 bits per heavy atom. The summed E-state index contributed by atoms with van der Waals surface area (Å²) in [6.07, 6.45) is 0.875. The Morgan fingerprint density at radius 1 is 1.10 bits per heavy atom. The number of amides is 1. The molecule has 1 aliphatic carbocycles. The molecule has 1 aliphatic rings. The fourth-order valence-electron chi connectivity index (χ4n) is 4.30. The molecule has 6 nitrogen and oxygen atoms in total. The molecule has 0 aliphatic heterocycles. The summed E-state index contributed by atoms with van der Waals surface area (Å²) in [5.74, 6) is 0.182. The van der Waals surface area contributed by atoms with Crippen molar-refractivity contribution in [2.75, 3.05) is 13.6 Å². The third-order valence-corrected chi connectivity index (χ3v) is 5.81. The molecule has 0 spiro atoms. The number of carbonyl (C=O) groups is 3. The van der Waals surface area contributed by atoms with Gasteiger partial charge in [-0.15, -0.1) is 0 Å². The third-order valence-electron chi connectivity index (χ3n) is 5.81. The van der Waals surface area contributed by atoms with Gasteiger partial charge >= 0.3 is 6.09 Å². The lowest BCUT2D eigenvalue weighted by Gasteiger charge is -2.25. The van der Waals surface area contributed by atoms with Crippen LogP contribution >= 0.6 is 0 Å². The van der Waals surface area contributed by atoms with Crippen LogP contribution in [-0.4, -0.2) is 46.3 Å². The Morgan fingerprint density at radius 2 is 1.81 bits per heavy atom. The quantitative estimate of drug-likeness (QED) is 0.558. The lowest BCUT2D eigenvalue weighted by Crippen LogP contribution is -2.35. The zero-order valence-electron chi connectivity index (χ0n) is 18.7. The number of fused-ring (bicyclic) bond motifs is 5. The summed E-state index contributed by atoms with van der Waals surface area (Å²) in [5, 5.41) is 2.02. The first-order valence-electron chi connectivity index (χ1n) is 10.6. The van der Waals surface area contributed by atoms with Gasteiger partial charge in [-0.1, -0.05) is 0 Å². The molecule has 0 saturated carbocycles. The van der Waals surface area contributed by atoms with E-state index in [2.05, 4.69) is 4.57 Å². The molecular weight excluding hydrogens is 392 g/mol. The van der Waals surface area contributed by atoms with Gasteiger partial charge in [0.2, 0.25) is 0 Å². The fraction of sp³-hybridized carbons (Fsp3) is 0.400. The summed E-state index contributed by atoms with van der Waals surface area (Å²) in [6, 6.07) is 9.62. The standard InChI is InChI=1S/C25H28N2O4/c1-15(28)16-6-9-20-19(14-16)23-18-8-11-22(29)17(18)7-10-21(23)27(20)13-12-26(5)24(30)31-25(2,3)4/h6-7,9-10,14H,8,11-13H2,1-5H3. The highest BCUT2D eigenvalue weighted by Crippen LogP contribution is 2.37. The second-order valence-corrected chi connectivity index (χ2v) is 9.25. The lowest BCUT2D eigenvalue weighted by molar-refractivity contribution is 0.0294. The van der Waals surface area contributed by atoms with Crippen LogP contribution in [0.25, 0.3) is 21.8 Å². The number of rotatable bonds is 4. The molecule has 0 radical (unpaired) electrons. The summed E-state index contributed by atoms with van der Waals surface area (Å²) in [7, 11) is 1.73. The number of aryl methyl sites for hydroxylation is 1. The zero-order valence-corrected chi connectivity index (χ0v) is 18.7. The molecule has 0 atom stereocenters. The molecule has 6 heteroatoms. The second-order valence-electron chi connectivity index (χ2n) is 9.25. The van der Waals surface area contributed by atoms with Crippen molar-refractivity contribution >= 4 is 39.5 Å². The first kappa shape index (κ1) is 21.1. The molecule has 0 saturated heterocycles. The van der Waals surface area contributed by atoms with Crippen molar-refractivity contribution < 1.29 is 19.1 Å².